The molecule has 148 valence electrons. The van der Waals surface area contributed by atoms with Crippen molar-refractivity contribution in [2.75, 3.05) is 0 Å². The SMILES string of the molecule is O=C(O)C=Cc1ccc(C(=C2C3CCCC34CCCC24)c2ccc(O)cc2)cc1. The van der Waals surface area contributed by atoms with E-state index in [1.165, 1.54) is 61.3 Å². The van der Waals surface area contributed by atoms with E-state index < -0.39 is 5.97 Å². The molecule has 1 spiro atoms. The quantitative estimate of drug-likeness (QED) is 0.644. The van der Waals surface area contributed by atoms with Gasteiger partial charge in [-0.25, -0.2) is 4.79 Å². The van der Waals surface area contributed by atoms with Crippen LogP contribution in [0.25, 0.3) is 11.6 Å². The molecule has 0 radical (unpaired) electrons. The van der Waals surface area contributed by atoms with Crippen molar-refractivity contribution in [3.05, 3.63) is 76.9 Å². The van der Waals surface area contributed by atoms with Gasteiger partial charge in [0.2, 0.25) is 0 Å². The van der Waals surface area contributed by atoms with Crippen molar-refractivity contribution in [3.63, 3.8) is 0 Å². The second kappa shape index (κ2) is 6.91. The number of benzene rings is 2. The van der Waals surface area contributed by atoms with Gasteiger partial charge in [-0.2, -0.15) is 0 Å². The lowest BCUT2D eigenvalue weighted by molar-refractivity contribution is -0.131. The van der Waals surface area contributed by atoms with E-state index in [1.54, 1.807) is 23.8 Å². The maximum Gasteiger partial charge on any atom is 0.328 e. The molecular formula is C26H26O3. The third-order valence-electron chi connectivity index (χ3n) is 7.47. The second-order valence-corrected chi connectivity index (χ2v) is 8.79. The molecule has 2 unspecified atom stereocenters. The molecule has 5 rings (SSSR count). The zero-order valence-corrected chi connectivity index (χ0v) is 16.5. The maximum atomic E-state index is 10.8. The molecule has 2 N–H and O–H groups in total. The number of phenolic OH excluding ortho intramolecular Hbond substituents is 1. The van der Waals surface area contributed by atoms with E-state index in [0.29, 0.717) is 17.3 Å². The topological polar surface area (TPSA) is 57.5 Å². The zero-order chi connectivity index (χ0) is 20.0. The average molecular weight is 386 g/mol. The third-order valence-corrected chi connectivity index (χ3v) is 7.47. The minimum Gasteiger partial charge on any atom is -0.508 e. The van der Waals surface area contributed by atoms with Crippen molar-refractivity contribution in [2.45, 2.75) is 38.5 Å². The number of carboxylic acid groups (broad SMARTS) is 1. The minimum absolute atomic E-state index is 0.289. The van der Waals surface area contributed by atoms with E-state index >= 15 is 0 Å². The van der Waals surface area contributed by atoms with Crippen LogP contribution in [0.4, 0.5) is 0 Å². The molecule has 3 fully saturated rings. The fraction of sp³-hybridized carbons (Fsp3) is 0.346. The van der Waals surface area contributed by atoms with Crippen LogP contribution in [0.15, 0.2) is 60.2 Å². The van der Waals surface area contributed by atoms with E-state index in [4.69, 9.17) is 5.11 Å². The number of aliphatic carboxylic acids is 1. The Kier molecular flexibility index (Phi) is 4.34. The Morgan fingerprint density at radius 2 is 1.45 bits per heavy atom. The largest absolute Gasteiger partial charge is 0.508 e. The molecule has 3 heteroatoms. The summed E-state index contributed by atoms with van der Waals surface area (Å²) in [6.07, 6.45) is 10.8. The molecular weight excluding hydrogens is 360 g/mol. The zero-order valence-electron chi connectivity index (χ0n) is 16.5. The predicted octanol–water partition coefficient (Wildman–Crippen LogP) is 5.89. The molecule has 0 heterocycles. The van der Waals surface area contributed by atoms with Crippen molar-refractivity contribution >= 4 is 17.6 Å². The third kappa shape index (κ3) is 2.91. The minimum atomic E-state index is -0.936. The highest BCUT2D eigenvalue weighted by atomic mass is 16.4. The Morgan fingerprint density at radius 1 is 0.897 bits per heavy atom. The van der Waals surface area contributed by atoms with Crippen molar-refractivity contribution in [3.8, 4) is 5.75 Å². The Balaban J connectivity index is 1.61. The van der Waals surface area contributed by atoms with Crippen LogP contribution in [-0.4, -0.2) is 16.2 Å². The van der Waals surface area contributed by atoms with Gasteiger partial charge in [-0.15, -0.1) is 0 Å². The molecule has 0 amide bonds. The lowest BCUT2D eigenvalue weighted by atomic mass is 9.51. The van der Waals surface area contributed by atoms with Gasteiger partial charge < -0.3 is 10.2 Å². The predicted molar refractivity (Wildman–Crippen MR) is 114 cm³/mol. The molecule has 2 atom stereocenters. The summed E-state index contributed by atoms with van der Waals surface area (Å²) in [5.74, 6) is 0.752. The van der Waals surface area contributed by atoms with Crippen LogP contribution in [0.2, 0.25) is 0 Å². The highest BCUT2D eigenvalue weighted by Gasteiger charge is 2.62. The number of carboxylic acids is 1. The summed E-state index contributed by atoms with van der Waals surface area (Å²) in [7, 11) is 0. The number of hydrogen-bond acceptors (Lipinski definition) is 2. The Hall–Kier alpha value is -2.81. The molecule has 0 aromatic heterocycles. The first-order valence-electron chi connectivity index (χ1n) is 10.6. The average Bonchev–Trinajstić information content (AvgIpc) is 3.27. The number of carbonyl (C=O) groups is 1. The second-order valence-electron chi connectivity index (χ2n) is 8.79. The van der Waals surface area contributed by atoms with Crippen LogP contribution in [0, 0.1) is 17.3 Å². The van der Waals surface area contributed by atoms with E-state index in [1.807, 2.05) is 24.3 Å². The van der Waals surface area contributed by atoms with Gasteiger partial charge in [-0.1, -0.05) is 54.8 Å². The van der Waals surface area contributed by atoms with Crippen molar-refractivity contribution in [1.82, 2.24) is 0 Å². The van der Waals surface area contributed by atoms with E-state index in [0.717, 1.165) is 5.56 Å². The Labute approximate surface area is 171 Å². The lowest BCUT2D eigenvalue weighted by Gasteiger charge is -2.53. The molecule has 0 aliphatic heterocycles. The number of rotatable bonds is 4. The van der Waals surface area contributed by atoms with Gasteiger partial charge in [0.05, 0.1) is 0 Å². The normalized spacial score (nSPS) is 27.5. The van der Waals surface area contributed by atoms with Crippen LogP contribution in [0.1, 0.15) is 55.2 Å². The molecule has 3 saturated carbocycles. The molecule has 3 aliphatic carbocycles. The summed E-state index contributed by atoms with van der Waals surface area (Å²) in [6.45, 7) is 0. The molecule has 0 bridgehead atoms. The standard InChI is InChI=1S/C26H26O3/c27-20-12-10-19(11-13-20)24(18-8-5-17(6-9-18)7-14-23(28)29)25-21-3-1-15-26(21)16-2-4-22(25)26/h5-14,21-22,27H,1-4,15-16H2,(H,28,29). The summed E-state index contributed by atoms with van der Waals surface area (Å²) in [5.41, 5.74) is 6.75. The first-order valence-corrected chi connectivity index (χ1v) is 10.6. The summed E-state index contributed by atoms with van der Waals surface area (Å²) in [4.78, 5) is 10.8. The fourth-order valence-corrected chi connectivity index (χ4v) is 6.39. The highest BCUT2D eigenvalue weighted by Crippen LogP contribution is 2.72. The number of aromatic hydroxyl groups is 1. The molecule has 29 heavy (non-hydrogen) atoms. The number of phenols is 1. The first kappa shape index (κ1) is 18.2. The smallest absolute Gasteiger partial charge is 0.328 e. The molecule has 3 nitrogen and oxygen atoms in total. The maximum absolute atomic E-state index is 10.8. The van der Waals surface area contributed by atoms with Gasteiger partial charge in [0.25, 0.3) is 0 Å². The van der Waals surface area contributed by atoms with Crippen LogP contribution in [0.3, 0.4) is 0 Å². The van der Waals surface area contributed by atoms with Gasteiger partial charge in [0.15, 0.2) is 0 Å². The lowest BCUT2D eigenvalue weighted by Crippen LogP contribution is -2.45. The molecule has 2 aromatic carbocycles. The molecule has 0 saturated heterocycles. The van der Waals surface area contributed by atoms with Gasteiger partial charge in [-0.05, 0) is 83.4 Å². The van der Waals surface area contributed by atoms with Gasteiger partial charge in [0, 0.05) is 6.08 Å². The summed E-state index contributed by atoms with van der Waals surface area (Å²) in [6, 6.07) is 15.8. The highest BCUT2D eigenvalue weighted by molar-refractivity contribution is 5.87. The molecule has 3 aliphatic rings. The van der Waals surface area contributed by atoms with Gasteiger partial charge in [0.1, 0.15) is 5.75 Å². The van der Waals surface area contributed by atoms with Gasteiger partial charge >= 0.3 is 5.97 Å². The summed E-state index contributed by atoms with van der Waals surface area (Å²) >= 11 is 0. The van der Waals surface area contributed by atoms with Crippen molar-refractivity contribution in [1.29, 1.82) is 0 Å². The van der Waals surface area contributed by atoms with Crippen LogP contribution in [0.5, 0.6) is 5.75 Å². The van der Waals surface area contributed by atoms with E-state index in [9.17, 15) is 9.90 Å². The Morgan fingerprint density at radius 3 is 2.00 bits per heavy atom. The van der Waals surface area contributed by atoms with Crippen LogP contribution < -0.4 is 0 Å². The summed E-state index contributed by atoms with van der Waals surface area (Å²) in [5, 5.41) is 18.6. The van der Waals surface area contributed by atoms with Crippen molar-refractivity contribution in [2.24, 2.45) is 17.3 Å². The fourth-order valence-electron chi connectivity index (χ4n) is 6.39. The van der Waals surface area contributed by atoms with Gasteiger partial charge in [-0.3, -0.25) is 0 Å². The first-order chi connectivity index (χ1) is 14.1. The monoisotopic (exact) mass is 386 g/mol. The van der Waals surface area contributed by atoms with Crippen molar-refractivity contribution < 1.29 is 15.0 Å². The Bertz CT molecular complexity index is 973. The van der Waals surface area contributed by atoms with E-state index in [2.05, 4.69) is 12.1 Å². The summed E-state index contributed by atoms with van der Waals surface area (Å²) < 4.78 is 0. The van der Waals surface area contributed by atoms with Crippen LogP contribution in [-0.2, 0) is 4.79 Å². The van der Waals surface area contributed by atoms with Crippen LogP contribution >= 0.6 is 0 Å². The number of hydrogen-bond donors (Lipinski definition) is 2. The number of allylic oxidation sites excluding steroid dienone is 1. The van der Waals surface area contributed by atoms with E-state index in [-0.39, 0.29) is 5.75 Å². The molecule has 2 aromatic rings.